The van der Waals surface area contributed by atoms with Crippen molar-refractivity contribution in [2.24, 2.45) is 14.1 Å². The van der Waals surface area contributed by atoms with Crippen molar-refractivity contribution >= 4 is 11.2 Å². The Morgan fingerprint density at radius 3 is 2.62 bits per heavy atom. The molecule has 0 bridgehead atoms. The molecular weight excluding hydrogens is 338 g/mol. The van der Waals surface area contributed by atoms with Gasteiger partial charge in [-0.3, -0.25) is 18.8 Å². The number of aryl methyl sites for hydroxylation is 1. The van der Waals surface area contributed by atoms with E-state index in [9.17, 15) is 9.59 Å². The summed E-state index contributed by atoms with van der Waals surface area (Å²) in [5.41, 5.74) is -0.110. The first-order valence-corrected chi connectivity index (χ1v) is 8.69. The minimum Gasteiger partial charge on any atom is -0.338 e. The van der Waals surface area contributed by atoms with E-state index in [1.54, 1.807) is 11.6 Å². The van der Waals surface area contributed by atoms with Crippen molar-refractivity contribution in [3.63, 3.8) is 0 Å². The molecule has 0 radical (unpaired) electrons. The highest BCUT2D eigenvalue weighted by Crippen LogP contribution is 2.13. The lowest BCUT2D eigenvalue weighted by Crippen LogP contribution is -2.37. The molecule has 1 aliphatic rings. The summed E-state index contributed by atoms with van der Waals surface area (Å²) in [6.45, 7) is 3.00. The van der Waals surface area contributed by atoms with Gasteiger partial charge in [-0.05, 0) is 25.9 Å². The fourth-order valence-electron chi connectivity index (χ4n) is 3.40. The van der Waals surface area contributed by atoms with Crippen molar-refractivity contribution in [2.45, 2.75) is 32.4 Å². The Hall–Kier alpha value is -2.75. The van der Waals surface area contributed by atoms with Crippen LogP contribution in [0.3, 0.4) is 0 Å². The van der Waals surface area contributed by atoms with Gasteiger partial charge in [0, 0.05) is 14.1 Å². The Balaban J connectivity index is 1.60. The van der Waals surface area contributed by atoms with E-state index in [2.05, 4.69) is 20.0 Å². The lowest BCUT2D eigenvalue weighted by atomic mass is 10.1. The van der Waals surface area contributed by atoms with Gasteiger partial charge in [0.2, 0.25) is 5.89 Å². The molecule has 0 saturated carbocycles. The van der Waals surface area contributed by atoms with Crippen LogP contribution in [0.1, 0.15) is 31.0 Å². The fourth-order valence-corrected chi connectivity index (χ4v) is 3.40. The summed E-state index contributed by atoms with van der Waals surface area (Å²) in [5.74, 6) is 1.05. The zero-order valence-corrected chi connectivity index (χ0v) is 14.9. The molecule has 10 nitrogen and oxygen atoms in total. The summed E-state index contributed by atoms with van der Waals surface area (Å²) in [4.78, 5) is 35.4. The molecule has 4 rings (SSSR count). The van der Waals surface area contributed by atoms with Crippen LogP contribution in [0, 0.1) is 0 Å². The van der Waals surface area contributed by atoms with Gasteiger partial charge in [-0.25, -0.2) is 9.78 Å². The molecule has 1 saturated heterocycles. The van der Waals surface area contributed by atoms with Crippen LogP contribution in [0.5, 0.6) is 0 Å². The summed E-state index contributed by atoms with van der Waals surface area (Å²) in [7, 11) is 3.04. The second-order valence-corrected chi connectivity index (χ2v) is 6.69. The molecule has 3 aromatic rings. The first-order chi connectivity index (χ1) is 12.5. The second-order valence-electron chi connectivity index (χ2n) is 6.69. The maximum Gasteiger partial charge on any atom is 0.332 e. The molecule has 138 valence electrons. The molecule has 0 N–H and O–H groups in total. The molecule has 0 aromatic carbocycles. The highest BCUT2D eigenvalue weighted by atomic mass is 16.5. The van der Waals surface area contributed by atoms with E-state index < -0.39 is 11.2 Å². The average Bonchev–Trinajstić information content (AvgIpc) is 3.26. The first-order valence-electron chi connectivity index (χ1n) is 8.69. The topological polar surface area (TPSA) is 104 Å². The Morgan fingerprint density at radius 2 is 1.85 bits per heavy atom. The van der Waals surface area contributed by atoms with Gasteiger partial charge in [-0.1, -0.05) is 11.6 Å². The molecule has 0 unspecified atom stereocenters. The number of rotatable bonds is 4. The summed E-state index contributed by atoms with van der Waals surface area (Å²) < 4.78 is 9.42. The largest absolute Gasteiger partial charge is 0.338 e. The van der Waals surface area contributed by atoms with Crippen LogP contribution in [0.2, 0.25) is 0 Å². The summed E-state index contributed by atoms with van der Waals surface area (Å²) in [6.07, 6.45) is 5.19. The van der Waals surface area contributed by atoms with Gasteiger partial charge in [0.25, 0.3) is 5.56 Å². The number of aromatic nitrogens is 6. The minimum absolute atomic E-state index is 0.257. The average molecular weight is 359 g/mol. The van der Waals surface area contributed by atoms with Gasteiger partial charge in [-0.15, -0.1) is 0 Å². The Bertz CT molecular complexity index is 1050. The van der Waals surface area contributed by atoms with E-state index in [-0.39, 0.29) is 6.54 Å². The number of hydrogen-bond donors (Lipinski definition) is 0. The van der Waals surface area contributed by atoms with E-state index >= 15 is 0 Å². The molecule has 10 heteroatoms. The first kappa shape index (κ1) is 16.7. The van der Waals surface area contributed by atoms with E-state index in [4.69, 9.17) is 4.52 Å². The Labute approximate surface area is 148 Å². The Kier molecular flexibility index (Phi) is 4.19. The Morgan fingerprint density at radius 1 is 1.08 bits per heavy atom. The molecule has 1 aliphatic heterocycles. The number of fused-ring (bicyclic) bond motifs is 1. The highest BCUT2D eigenvalue weighted by Gasteiger charge is 2.17. The van der Waals surface area contributed by atoms with Crippen molar-refractivity contribution in [2.75, 3.05) is 13.1 Å². The molecule has 1 fully saturated rings. The highest BCUT2D eigenvalue weighted by molar-refractivity contribution is 5.70. The number of likely N-dealkylation sites (tertiary alicyclic amines) is 1. The van der Waals surface area contributed by atoms with Gasteiger partial charge in [0.15, 0.2) is 17.0 Å². The van der Waals surface area contributed by atoms with Gasteiger partial charge in [0.1, 0.15) is 0 Å². The smallest absolute Gasteiger partial charge is 0.332 e. The second kappa shape index (κ2) is 6.52. The van der Waals surface area contributed by atoms with Crippen LogP contribution >= 0.6 is 0 Å². The molecule has 4 heterocycles. The summed E-state index contributed by atoms with van der Waals surface area (Å²) in [6, 6.07) is 0. The zero-order valence-electron chi connectivity index (χ0n) is 14.9. The van der Waals surface area contributed by atoms with Crippen molar-refractivity contribution in [1.82, 2.24) is 33.7 Å². The molecule has 26 heavy (non-hydrogen) atoms. The monoisotopic (exact) mass is 359 g/mol. The standard InChI is InChI=1S/C16H21N7O3/c1-20-14-13(15(24)21(2)16(20)25)23(10-17-14)8-11-18-12(26-19-11)9-22-6-4-3-5-7-22/h10H,3-9H2,1-2H3. The van der Waals surface area contributed by atoms with Crippen LogP contribution in [-0.4, -0.2) is 46.8 Å². The molecule has 3 aromatic heterocycles. The van der Waals surface area contributed by atoms with Crippen molar-refractivity contribution in [3.05, 3.63) is 38.9 Å². The van der Waals surface area contributed by atoms with Crippen molar-refractivity contribution < 1.29 is 4.52 Å². The normalized spacial score (nSPS) is 15.8. The number of hydrogen-bond acceptors (Lipinski definition) is 7. The summed E-state index contributed by atoms with van der Waals surface area (Å²) >= 11 is 0. The number of nitrogens with zero attached hydrogens (tertiary/aromatic N) is 7. The zero-order chi connectivity index (χ0) is 18.3. The lowest BCUT2D eigenvalue weighted by molar-refractivity contribution is 0.193. The lowest BCUT2D eigenvalue weighted by Gasteiger charge is -2.24. The van der Waals surface area contributed by atoms with Gasteiger partial charge in [0.05, 0.1) is 19.4 Å². The molecule has 0 spiro atoms. The maximum absolute atomic E-state index is 12.5. The number of piperidine rings is 1. The van der Waals surface area contributed by atoms with Crippen LogP contribution in [0.25, 0.3) is 11.2 Å². The maximum atomic E-state index is 12.5. The van der Waals surface area contributed by atoms with Crippen molar-refractivity contribution in [1.29, 1.82) is 0 Å². The van der Waals surface area contributed by atoms with E-state index in [1.165, 1.54) is 37.2 Å². The van der Waals surface area contributed by atoms with Crippen molar-refractivity contribution in [3.8, 4) is 0 Å². The third kappa shape index (κ3) is 2.85. The molecular formula is C16H21N7O3. The predicted molar refractivity (Wildman–Crippen MR) is 92.7 cm³/mol. The number of imidazole rings is 1. The molecule has 0 aliphatic carbocycles. The summed E-state index contributed by atoms with van der Waals surface area (Å²) in [5, 5.41) is 4.02. The van der Waals surface area contributed by atoms with Crippen LogP contribution in [-0.2, 0) is 27.2 Å². The third-order valence-electron chi connectivity index (χ3n) is 4.85. The van der Waals surface area contributed by atoms with Crippen LogP contribution in [0.4, 0.5) is 0 Å². The quantitative estimate of drug-likeness (QED) is 0.638. The molecule has 0 atom stereocenters. The van der Waals surface area contributed by atoms with Gasteiger partial charge >= 0.3 is 5.69 Å². The van der Waals surface area contributed by atoms with Crippen LogP contribution < -0.4 is 11.2 Å². The third-order valence-corrected chi connectivity index (χ3v) is 4.85. The van der Waals surface area contributed by atoms with E-state index in [0.717, 1.165) is 17.7 Å². The van der Waals surface area contributed by atoms with E-state index in [1.807, 2.05) is 0 Å². The SMILES string of the molecule is Cn1c(=O)c2c(ncn2Cc2noc(CN3CCCCC3)n2)n(C)c1=O. The molecule has 0 amide bonds. The fraction of sp³-hybridized carbons (Fsp3) is 0.562. The van der Waals surface area contributed by atoms with E-state index in [0.29, 0.717) is 29.4 Å². The van der Waals surface area contributed by atoms with Gasteiger partial charge < -0.3 is 9.09 Å². The minimum atomic E-state index is -0.406. The predicted octanol–water partition coefficient (Wildman–Crippen LogP) is -0.149. The van der Waals surface area contributed by atoms with Gasteiger partial charge in [-0.2, -0.15) is 4.98 Å². The van der Waals surface area contributed by atoms with Crippen LogP contribution in [0.15, 0.2) is 20.4 Å².